The summed E-state index contributed by atoms with van der Waals surface area (Å²) in [5.41, 5.74) is 9.32. The average Bonchev–Trinajstić information content (AvgIpc) is 3.46. The van der Waals surface area contributed by atoms with Crippen LogP contribution in [-0.4, -0.2) is 32.3 Å². The number of carbonyl (C=O) groups excluding carboxylic acids is 2. The molecule has 0 radical (unpaired) electrons. The molecule has 2 heterocycles. The third kappa shape index (κ3) is 4.95. The minimum atomic E-state index is -0.491. The Morgan fingerprint density at radius 1 is 1.24 bits per heavy atom. The fourth-order valence-electron chi connectivity index (χ4n) is 4.07. The molecule has 7 nitrogen and oxygen atoms in total. The third-order valence-electron chi connectivity index (χ3n) is 5.79. The number of anilines is 1. The summed E-state index contributed by atoms with van der Waals surface area (Å²) >= 11 is 2.75. The predicted octanol–water partition coefficient (Wildman–Crippen LogP) is 4.81. The number of primary amides is 1. The fourth-order valence-corrected chi connectivity index (χ4v) is 6.13. The summed E-state index contributed by atoms with van der Waals surface area (Å²) in [6, 6.07) is 8.31. The van der Waals surface area contributed by atoms with Gasteiger partial charge in [0, 0.05) is 17.0 Å². The van der Waals surface area contributed by atoms with Crippen LogP contribution >= 0.6 is 23.1 Å². The minimum absolute atomic E-state index is 0.0682. The van der Waals surface area contributed by atoms with Gasteiger partial charge in [-0.3, -0.25) is 14.2 Å². The Kier molecular flexibility index (Phi) is 6.95. The maximum Gasteiger partial charge on any atom is 0.251 e. The highest BCUT2D eigenvalue weighted by atomic mass is 32.2. The molecule has 3 aromatic rings. The first-order chi connectivity index (χ1) is 16.2. The van der Waals surface area contributed by atoms with Crippen molar-refractivity contribution in [1.82, 2.24) is 14.8 Å². The molecule has 0 fully saturated rings. The van der Waals surface area contributed by atoms with Gasteiger partial charge in [0.2, 0.25) is 5.91 Å². The topological polar surface area (TPSA) is 103 Å². The largest absolute Gasteiger partial charge is 0.365 e. The smallest absolute Gasteiger partial charge is 0.251 e. The Morgan fingerprint density at radius 3 is 2.62 bits per heavy atom. The molecule has 0 bridgehead atoms. The van der Waals surface area contributed by atoms with Crippen LogP contribution in [0.2, 0.25) is 0 Å². The van der Waals surface area contributed by atoms with Crippen LogP contribution in [0.25, 0.3) is 11.4 Å². The molecule has 0 saturated carbocycles. The van der Waals surface area contributed by atoms with Crippen molar-refractivity contribution in [3.8, 4) is 11.4 Å². The van der Waals surface area contributed by atoms with Gasteiger partial charge in [0.15, 0.2) is 11.0 Å². The van der Waals surface area contributed by atoms with Crippen LogP contribution in [0.4, 0.5) is 5.00 Å². The zero-order chi connectivity index (χ0) is 24.5. The van der Waals surface area contributed by atoms with Crippen molar-refractivity contribution in [3.05, 3.63) is 58.5 Å². The van der Waals surface area contributed by atoms with E-state index in [1.54, 1.807) is 6.08 Å². The lowest BCUT2D eigenvalue weighted by atomic mass is 9.87. The first-order valence-electron chi connectivity index (χ1n) is 11.2. The molecule has 1 aliphatic rings. The van der Waals surface area contributed by atoms with Crippen LogP contribution in [0.3, 0.4) is 0 Å². The number of nitrogens with one attached hydrogen (secondary N) is 1. The normalized spacial score (nSPS) is 13.0. The van der Waals surface area contributed by atoms with Crippen molar-refractivity contribution >= 4 is 39.9 Å². The summed E-state index contributed by atoms with van der Waals surface area (Å²) in [7, 11) is 0. The average molecular weight is 496 g/mol. The molecule has 34 heavy (non-hydrogen) atoms. The van der Waals surface area contributed by atoms with Gasteiger partial charge in [-0.25, -0.2) is 0 Å². The van der Waals surface area contributed by atoms with E-state index in [0.717, 1.165) is 41.1 Å². The monoisotopic (exact) mass is 495 g/mol. The van der Waals surface area contributed by atoms with Crippen LogP contribution in [0.15, 0.2) is 42.1 Å². The van der Waals surface area contributed by atoms with Crippen molar-refractivity contribution in [1.29, 1.82) is 0 Å². The maximum absolute atomic E-state index is 12.7. The van der Waals surface area contributed by atoms with E-state index in [1.807, 2.05) is 16.7 Å². The number of carbonyl (C=O) groups is 2. The SMILES string of the molecule is C=CCn1c(SCC(=O)Nc2sc3c(c2C(N)=O)CCC3)nnc1-c1ccc(C(C)(C)C)cc1. The van der Waals surface area contributed by atoms with Crippen molar-refractivity contribution in [2.45, 2.75) is 57.1 Å². The molecule has 0 saturated heterocycles. The molecule has 3 N–H and O–H groups in total. The van der Waals surface area contributed by atoms with Gasteiger partial charge in [0.25, 0.3) is 5.91 Å². The summed E-state index contributed by atoms with van der Waals surface area (Å²) in [5, 5.41) is 12.8. The molecule has 1 aromatic carbocycles. The summed E-state index contributed by atoms with van der Waals surface area (Å²) < 4.78 is 1.95. The Morgan fingerprint density at radius 2 is 1.97 bits per heavy atom. The zero-order valence-corrected chi connectivity index (χ0v) is 21.3. The van der Waals surface area contributed by atoms with Crippen molar-refractivity contribution in [2.24, 2.45) is 5.73 Å². The summed E-state index contributed by atoms with van der Waals surface area (Å²) in [6.45, 7) is 10.9. The van der Waals surface area contributed by atoms with E-state index in [0.29, 0.717) is 22.3 Å². The lowest BCUT2D eigenvalue weighted by Crippen LogP contribution is -2.19. The molecule has 0 unspecified atom stereocenters. The molecule has 9 heteroatoms. The number of hydrogen-bond acceptors (Lipinski definition) is 6. The van der Waals surface area contributed by atoms with E-state index in [1.165, 1.54) is 28.7 Å². The van der Waals surface area contributed by atoms with Gasteiger partial charge in [0.1, 0.15) is 5.00 Å². The minimum Gasteiger partial charge on any atom is -0.365 e. The van der Waals surface area contributed by atoms with Gasteiger partial charge >= 0.3 is 0 Å². The number of amides is 2. The highest BCUT2D eigenvalue weighted by Gasteiger charge is 2.26. The summed E-state index contributed by atoms with van der Waals surface area (Å²) in [4.78, 5) is 25.8. The molecular weight excluding hydrogens is 466 g/mol. The Hall–Kier alpha value is -2.91. The molecule has 178 valence electrons. The van der Waals surface area contributed by atoms with E-state index in [-0.39, 0.29) is 17.1 Å². The number of allylic oxidation sites excluding steroid dienone is 1. The van der Waals surface area contributed by atoms with Gasteiger partial charge in [-0.15, -0.1) is 28.1 Å². The lowest BCUT2D eigenvalue weighted by Gasteiger charge is -2.19. The number of benzene rings is 1. The Labute approximate surface area is 207 Å². The van der Waals surface area contributed by atoms with Gasteiger partial charge in [-0.1, -0.05) is 62.9 Å². The van der Waals surface area contributed by atoms with E-state index in [9.17, 15) is 9.59 Å². The number of aromatic nitrogens is 3. The quantitative estimate of drug-likeness (QED) is 0.345. The fraction of sp³-hybridized carbons (Fsp3) is 0.360. The Balaban J connectivity index is 1.49. The van der Waals surface area contributed by atoms with E-state index in [4.69, 9.17) is 5.73 Å². The number of nitrogens with two attached hydrogens (primary N) is 1. The van der Waals surface area contributed by atoms with Crippen LogP contribution in [0.5, 0.6) is 0 Å². The van der Waals surface area contributed by atoms with Crippen LogP contribution in [0, 0.1) is 0 Å². The van der Waals surface area contributed by atoms with Crippen LogP contribution in [0.1, 0.15) is 53.6 Å². The molecule has 1 aliphatic carbocycles. The number of rotatable bonds is 8. The van der Waals surface area contributed by atoms with Gasteiger partial charge in [0.05, 0.1) is 11.3 Å². The summed E-state index contributed by atoms with van der Waals surface area (Å²) in [6.07, 6.45) is 4.56. The molecule has 2 amide bonds. The number of fused-ring (bicyclic) bond motifs is 1. The molecule has 4 rings (SSSR count). The van der Waals surface area contributed by atoms with E-state index >= 15 is 0 Å². The molecule has 0 atom stereocenters. The molecule has 0 aliphatic heterocycles. The van der Waals surface area contributed by atoms with E-state index in [2.05, 4.69) is 55.0 Å². The predicted molar refractivity (Wildman–Crippen MR) is 139 cm³/mol. The molecule has 2 aromatic heterocycles. The number of thioether (sulfide) groups is 1. The number of aryl methyl sites for hydroxylation is 1. The first kappa shape index (κ1) is 24.2. The highest BCUT2D eigenvalue weighted by molar-refractivity contribution is 7.99. The standard InChI is InChI=1S/C25H29N5O2S2/c1-5-13-30-22(15-9-11-16(12-10-15)25(2,3)4)28-29-24(30)33-14-19(31)27-23-20(21(26)32)17-7-6-8-18(17)34-23/h5,9-12H,1,6-8,13-14H2,2-4H3,(H2,26,32)(H,27,31). The number of nitrogens with zero attached hydrogens (tertiary/aromatic N) is 3. The second-order valence-corrected chi connectivity index (χ2v) is 11.3. The Bertz CT molecular complexity index is 1240. The van der Waals surface area contributed by atoms with Gasteiger partial charge in [-0.2, -0.15) is 0 Å². The maximum atomic E-state index is 12.7. The third-order valence-corrected chi connectivity index (χ3v) is 7.96. The van der Waals surface area contributed by atoms with Gasteiger partial charge < -0.3 is 11.1 Å². The number of thiophene rings is 1. The second-order valence-electron chi connectivity index (χ2n) is 9.30. The summed E-state index contributed by atoms with van der Waals surface area (Å²) in [5.74, 6) is 0.166. The molecular formula is C25H29N5O2S2. The van der Waals surface area contributed by atoms with Crippen molar-refractivity contribution in [3.63, 3.8) is 0 Å². The lowest BCUT2D eigenvalue weighted by molar-refractivity contribution is -0.113. The van der Waals surface area contributed by atoms with Crippen molar-refractivity contribution in [2.75, 3.05) is 11.1 Å². The second kappa shape index (κ2) is 9.76. The van der Waals surface area contributed by atoms with Crippen LogP contribution in [-0.2, 0) is 29.6 Å². The molecule has 0 spiro atoms. The van der Waals surface area contributed by atoms with E-state index < -0.39 is 5.91 Å². The zero-order valence-electron chi connectivity index (χ0n) is 19.7. The highest BCUT2D eigenvalue weighted by Crippen LogP contribution is 2.39. The van der Waals surface area contributed by atoms with Crippen molar-refractivity contribution < 1.29 is 9.59 Å². The van der Waals surface area contributed by atoms with Crippen LogP contribution < -0.4 is 11.1 Å². The van der Waals surface area contributed by atoms with Gasteiger partial charge in [-0.05, 0) is 35.8 Å². The number of hydrogen-bond donors (Lipinski definition) is 2. The first-order valence-corrected chi connectivity index (χ1v) is 13.0.